The quantitative estimate of drug-likeness (QED) is 0.811. The van der Waals surface area contributed by atoms with Crippen molar-refractivity contribution in [2.24, 2.45) is 17.8 Å². The molecular formula is C17H31N3. The van der Waals surface area contributed by atoms with Crippen molar-refractivity contribution in [3.63, 3.8) is 0 Å². The van der Waals surface area contributed by atoms with Gasteiger partial charge < -0.3 is 4.90 Å². The summed E-state index contributed by atoms with van der Waals surface area (Å²) in [6, 6.07) is 2.63. The standard InChI is InChI=1S/C17H31N3/c1-4-9-19-17(13-18)8-5-6-16(17)7-10-20-11-14(2)15(3)12-20/h14-16,19H,4-12H2,1-3H3. The van der Waals surface area contributed by atoms with Crippen molar-refractivity contribution in [2.45, 2.75) is 58.4 Å². The highest BCUT2D eigenvalue weighted by atomic mass is 15.1. The van der Waals surface area contributed by atoms with Gasteiger partial charge in [0.1, 0.15) is 5.54 Å². The number of nitriles is 1. The van der Waals surface area contributed by atoms with Crippen molar-refractivity contribution in [1.82, 2.24) is 10.2 Å². The van der Waals surface area contributed by atoms with Gasteiger partial charge in [0, 0.05) is 13.1 Å². The highest BCUT2D eigenvalue weighted by Crippen LogP contribution is 2.38. The van der Waals surface area contributed by atoms with Crippen molar-refractivity contribution in [3.05, 3.63) is 0 Å². The number of nitrogens with one attached hydrogen (secondary N) is 1. The molecule has 0 aromatic heterocycles. The monoisotopic (exact) mass is 277 g/mol. The lowest BCUT2D eigenvalue weighted by Gasteiger charge is -2.31. The molecule has 2 fully saturated rings. The van der Waals surface area contributed by atoms with Crippen molar-refractivity contribution in [2.75, 3.05) is 26.2 Å². The van der Waals surface area contributed by atoms with E-state index in [0.29, 0.717) is 5.92 Å². The predicted molar refractivity (Wildman–Crippen MR) is 83.4 cm³/mol. The minimum Gasteiger partial charge on any atom is -0.303 e. The maximum absolute atomic E-state index is 9.66. The summed E-state index contributed by atoms with van der Waals surface area (Å²) in [6.07, 6.45) is 5.77. The molecule has 0 aromatic carbocycles. The summed E-state index contributed by atoms with van der Waals surface area (Å²) >= 11 is 0. The Balaban J connectivity index is 1.86. The number of nitrogens with zero attached hydrogens (tertiary/aromatic N) is 2. The third-order valence-corrected chi connectivity index (χ3v) is 5.57. The predicted octanol–water partition coefficient (Wildman–Crippen LogP) is 3.03. The van der Waals surface area contributed by atoms with Crippen molar-refractivity contribution < 1.29 is 0 Å². The summed E-state index contributed by atoms with van der Waals surface area (Å²) < 4.78 is 0. The second-order valence-corrected chi connectivity index (χ2v) is 7.10. The lowest BCUT2D eigenvalue weighted by Crippen LogP contribution is -2.48. The molecule has 3 heteroatoms. The minimum atomic E-state index is -0.229. The van der Waals surface area contributed by atoms with Gasteiger partial charge >= 0.3 is 0 Å². The molecule has 1 saturated carbocycles. The summed E-state index contributed by atoms with van der Waals surface area (Å²) in [6.45, 7) is 11.5. The Bertz CT molecular complexity index is 339. The molecule has 1 aliphatic carbocycles. The van der Waals surface area contributed by atoms with Crippen LogP contribution in [0.4, 0.5) is 0 Å². The summed E-state index contributed by atoms with van der Waals surface area (Å²) in [5, 5.41) is 13.2. The first kappa shape index (κ1) is 15.8. The molecule has 1 aliphatic heterocycles. The SMILES string of the molecule is CCCNC1(C#N)CCCC1CCN1CC(C)C(C)C1. The highest BCUT2D eigenvalue weighted by molar-refractivity contribution is 5.14. The number of likely N-dealkylation sites (tertiary alicyclic amines) is 1. The Labute approximate surface area is 124 Å². The van der Waals surface area contributed by atoms with E-state index in [9.17, 15) is 5.26 Å². The van der Waals surface area contributed by atoms with Gasteiger partial charge in [-0.25, -0.2) is 0 Å². The van der Waals surface area contributed by atoms with Crippen LogP contribution in [0.15, 0.2) is 0 Å². The average molecular weight is 277 g/mol. The van der Waals surface area contributed by atoms with Crippen LogP contribution in [0.5, 0.6) is 0 Å². The second-order valence-electron chi connectivity index (χ2n) is 7.10. The van der Waals surface area contributed by atoms with Gasteiger partial charge in [-0.1, -0.05) is 27.2 Å². The molecule has 0 radical (unpaired) electrons. The number of hydrogen-bond acceptors (Lipinski definition) is 3. The molecule has 4 unspecified atom stereocenters. The molecular weight excluding hydrogens is 246 g/mol. The van der Waals surface area contributed by atoms with Gasteiger partial charge in [-0.3, -0.25) is 5.32 Å². The fourth-order valence-corrected chi connectivity index (χ4v) is 4.01. The molecule has 2 rings (SSSR count). The van der Waals surface area contributed by atoms with Crippen molar-refractivity contribution >= 4 is 0 Å². The van der Waals surface area contributed by atoms with Crippen LogP contribution in [0.2, 0.25) is 0 Å². The third kappa shape index (κ3) is 3.35. The maximum Gasteiger partial charge on any atom is 0.109 e. The van der Waals surface area contributed by atoms with Gasteiger partial charge in [-0.2, -0.15) is 5.26 Å². The van der Waals surface area contributed by atoms with E-state index in [1.165, 1.54) is 38.9 Å². The van der Waals surface area contributed by atoms with E-state index < -0.39 is 0 Å². The third-order valence-electron chi connectivity index (χ3n) is 5.57. The first-order valence-electron chi connectivity index (χ1n) is 8.50. The van der Waals surface area contributed by atoms with Crippen LogP contribution in [-0.4, -0.2) is 36.6 Å². The fraction of sp³-hybridized carbons (Fsp3) is 0.941. The van der Waals surface area contributed by atoms with Crippen LogP contribution in [0, 0.1) is 29.1 Å². The van der Waals surface area contributed by atoms with Crippen LogP contribution in [0.3, 0.4) is 0 Å². The molecule has 1 N–H and O–H groups in total. The zero-order chi connectivity index (χ0) is 14.6. The lowest BCUT2D eigenvalue weighted by molar-refractivity contribution is 0.245. The molecule has 1 saturated heterocycles. The molecule has 3 nitrogen and oxygen atoms in total. The van der Waals surface area contributed by atoms with Crippen LogP contribution in [-0.2, 0) is 0 Å². The summed E-state index contributed by atoms with van der Waals surface area (Å²) in [7, 11) is 0. The van der Waals surface area contributed by atoms with Crippen LogP contribution < -0.4 is 5.32 Å². The zero-order valence-electron chi connectivity index (χ0n) is 13.5. The van der Waals surface area contributed by atoms with Crippen molar-refractivity contribution in [3.8, 4) is 6.07 Å². The van der Waals surface area contributed by atoms with Gasteiger partial charge in [-0.15, -0.1) is 0 Å². The fourth-order valence-electron chi connectivity index (χ4n) is 4.01. The minimum absolute atomic E-state index is 0.229. The van der Waals surface area contributed by atoms with Crippen LogP contribution in [0.1, 0.15) is 52.9 Å². The number of rotatable bonds is 6. The Morgan fingerprint density at radius 1 is 1.30 bits per heavy atom. The largest absolute Gasteiger partial charge is 0.303 e. The van der Waals surface area contributed by atoms with E-state index in [0.717, 1.165) is 31.2 Å². The van der Waals surface area contributed by atoms with Crippen LogP contribution >= 0.6 is 0 Å². The Morgan fingerprint density at radius 3 is 2.60 bits per heavy atom. The maximum atomic E-state index is 9.66. The molecule has 1 heterocycles. The van der Waals surface area contributed by atoms with Gasteiger partial charge in [0.25, 0.3) is 0 Å². The summed E-state index contributed by atoms with van der Waals surface area (Å²) in [5.41, 5.74) is -0.229. The smallest absolute Gasteiger partial charge is 0.109 e. The normalized spacial score (nSPS) is 38.2. The molecule has 0 amide bonds. The molecule has 0 bridgehead atoms. The summed E-state index contributed by atoms with van der Waals surface area (Å²) in [4.78, 5) is 2.61. The van der Waals surface area contributed by atoms with E-state index in [1.807, 2.05) is 0 Å². The molecule has 0 spiro atoms. The summed E-state index contributed by atoms with van der Waals surface area (Å²) in [5.74, 6) is 2.21. The van der Waals surface area contributed by atoms with E-state index in [1.54, 1.807) is 0 Å². The Kier molecular flexibility index (Phi) is 5.46. The van der Waals surface area contributed by atoms with E-state index in [2.05, 4.69) is 37.1 Å². The van der Waals surface area contributed by atoms with Gasteiger partial charge in [0.05, 0.1) is 6.07 Å². The molecule has 0 aromatic rings. The van der Waals surface area contributed by atoms with Gasteiger partial charge in [-0.05, 0) is 56.5 Å². The first-order chi connectivity index (χ1) is 9.61. The van der Waals surface area contributed by atoms with Crippen molar-refractivity contribution in [1.29, 1.82) is 5.26 Å². The Hall–Kier alpha value is -0.590. The first-order valence-corrected chi connectivity index (χ1v) is 8.50. The molecule has 2 aliphatic rings. The number of hydrogen-bond donors (Lipinski definition) is 1. The lowest BCUT2D eigenvalue weighted by atomic mass is 9.85. The van der Waals surface area contributed by atoms with Gasteiger partial charge in [0.15, 0.2) is 0 Å². The molecule has 4 atom stereocenters. The van der Waals surface area contributed by atoms with E-state index in [-0.39, 0.29) is 5.54 Å². The van der Waals surface area contributed by atoms with Crippen LogP contribution in [0.25, 0.3) is 0 Å². The second kappa shape index (κ2) is 6.91. The highest BCUT2D eigenvalue weighted by Gasteiger charge is 2.42. The molecule has 114 valence electrons. The van der Waals surface area contributed by atoms with E-state index in [4.69, 9.17) is 0 Å². The molecule has 20 heavy (non-hydrogen) atoms. The zero-order valence-corrected chi connectivity index (χ0v) is 13.5. The Morgan fingerprint density at radius 2 is 2.00 bits per heavy atom. The van der Waals surface area contributed by atoms with Gasteiger partial charge in [0.2, 0.25) is 0 Å². The topological polar surface area (TPSA) is 39.1 Å². The van der Waals surface area contributed by atoms with E-state index >= 15 is 0 Å². The average Bonchev–Trinajstić information content (AvgIpc) is 2.99.